The van der Waals surface area contributed by atoms with Crippen molar-refractivity contribution in [1.29, 1.82) is 5.26 Å². The maximum absolute atomic E-state index is 12.1. The highest BCUT2D eigenvalue weighted by atomic mass is 35.5. The number of hydrogen-bond acceptors (Lipinski definition) is 3. The molecule has 0 aromatic carbocycles. The van der Waals surface area contributed by atoms with E-state index in [-0.39, 0.29) is 11.8 Å². The minimum atomic E-state index is -0.200. The molecule has 0 bridgehead atoms. The van der Waals surface area contributed by atoms with Gasteiger partial charge in [0, 0.05) is 25.5 Å². The summed E-state index contributed by atoms with van der Waals surface area (Å²) in [6.07, 6.45) is 2.98. The minimum absolute atomic E-state index is 0.187. The Balaban J connectivity index is 2.88. The molecule has 0 spiro atoms. The summed E-state index contributed by atoms with van der Waals surface area (Å²) < 4.78 is 0. The van der Waals surface area contributed by atoms with Gasteiger partial charge in [0.25, 0.3) is 5.91 Å². The average molecular weight is 252 g/mol. The molecule has 17 heavy (non-hydrogen) atoms. The summed E-state index contributed by atoms with van der Waals surface area (Å²) in [5.41, 5.74) is 0.376. The first-order valence-corrected chi connectivity index (χ1v) is 5.76. The first-order valence-electron chi connectivity index (χ1n) is 5.38. The third kappa shape index (κ3) is 3.43. The van der Waals surface area contributed by atoms with Crippen molar-refractivity contribution in [2.75, 3.05) is 13.1 Å². The van der Waals surface area contributed by atoms with Crippen LogP contribution in [0.3, 0.4) is 0 Å². The molecule has 0 saturated heterocycles. The first-order chi connectivity index (χ1) is 8.10. The van der Waals surface area contributed by atoms with E-state index in [0.29, 0.717) is 23.7 Å². The summed E-state index contributed by atoms with van der Waals surface area (Å²) in [5, 5.41) is 9.14. The molecule has 0 radical (unpaired) electrons. The lowest BCUT2D eigenvalue weighted by atomic mass is 10.1. The molecule has 5 heteroatoms. The van der Waals surface area contributed by atoms with Crippen molar-refractivity contribution in [2.24, 2.45) is 5.92 Å². The Morgan fingerprint density at radius 3 is 2.94 bits per heavy atom. The van der Waals surface area contributed by atoms with E-state index in [9.17, 15) is 4.79 Å². The summed E-state index contributed by atoms with van der Waals surface area (Å²) in [7, 11) is 0. The number of pyridine rings is 1. The van der Waals surface area contributed by atoms with Gasteiger partial charge in [0.05, 0.1) is 22.6 Å². The molecule has 90 valence electrons. The van der Waals surface area contributed by atoms with Gasteiger partial charge in [0.1, 0.15) is 0 Å². The highest BCUT2D eigenvalue weighted by Gasteiger charge is 2.18. The van der Waals surface area contributed by atoms with E-state index >= 15 is 0 Å². The Kier molecular flexibility index (Phi) is 4.92. The normalized spacial score (nSPS) is 11.6. The summed E-state index contributed by atoms with van der Waals surface area (Å²) in [4.78, 5) is 17.6. The molecule has 0 N–H and O–H groups in total. The fourth-order valence-electron chi connectivity index (χ4n) is 1.43. The molecule has 0 aliphatic rings. The van der Waals surface area contributed by atoms with E-state index < -0.39 is 0 Å². The fraction of sp³-hybridized carbons (Fsp3) is 0.417. The Morgan fingerprint density at radius 1 is 1.71 bits per heavy atom. The number of carbonyl (C=O) groups is 1. The third-order valence-electron chi connectivity index (χ3n) is 2.38. The third-order valence-corrected chi connectivity index (χ3v) is 2.71. The second-order valence-corrected chi connectivity index (χ2v) is 4.14. The van der Waals surface area contributed by atoms with Crippen molar-refractivity contribution in [3.63, 3.8) is 0 Å². The monoisotopic (exact) mass is 251 g/mol. The van der Waals surface area contributed by atoms with Crippen molar-refractivity contribution in [2.45, 2.75) is 13.8 Å². The predicted octanol–water partition coefficient (Wildman–Crippen LogP) is 2.36. The maximum atomic E-state index is 12.1. The van der Waals surface area contributed by atoms with Crippen molar-refractivity contribution in [3.8, 4) is 6.07 Å². The average Bonchev–Trinajstić information content (AvgIpc) is 2.35. The smallest absolute Gasteiger partial charge is 0.256 e. The van der Waals surface area contributed by atoms with Gasteiger partial charge < -0.3 is 4.90 Å². The van der Waals surface area contributed by atoms with Crippen LogP contribution in [0, 0.1) is 17.2 Å². The molecule has 1 rings (SSSR count). The van der Waals surface area contributed by atoms with Crippen molar-refractivity contribution in [3.05, 3.63) is 29.0 Å². The zero-order valence-corrected chi connectivity index (χ0v) is 10.6. The van der Waals surface area contributed by atoms with Crippen LogP contribution < -0.4 is 0 Å². The van der Waals surface area contributed by atoms with E-state index in [1.807, 2.05) is 6.92 Å². The van der Waals surface area contributed by atoms with Crippen LogP contribution in [-0.4, -0.2) is 28.9 Å². The number of rotatable bonds is 4. The molecular weight excluding hydrogens is 238 g/mol. The van der Waals surface area contributed by atoms with Crippen molar-refractivity contribution >= 4 is 17.5 Å². The van der Waals surface area contributed by atoms with Crippen LogP contribution >= 0.6 is 11.6 Å². The molecule has 1 heterocycles. The summed E-state index contributed by atoms with van der Waals surface area (Å²) in [6.45, 7) is 4.58. The SMILES string of the molecule is CCN(CC(C)C#N)C(=O)c1cnccc1Cl. The van der Waals surface area contributed by atoms with E-state index in [2.05, 4.69) is 11.1 Å². The Hall–Kier alpha value is -1.60. The molecule has 1 atom stereocenters. The zero-order chi connectivity index (χ0) is 12.8. The van der Waals surface area contributed by atoms with Gasteiger partial charge in [-0.25, -0.2) is 0 Å². The lowest BCUT2D eigenvalue weighted by molar-refractivity contribution is 0.0752. The number of nitrogens with zero attached hydrogens (tertiary/aromatic N) is 3. The number of amides is 1. The zero-order valence-electron chi connectivity index (χ0n) is 9.85. The highest BCUT2D eigenvalue weighted by molar-refractivity contribution is 6.33. The van der Waals surface area contributed by atoms with E-state index in [1.165, 1.54) is 12.4 Å². The summed E-state index contributed by atoms with van der Waals surface area (Å²) >= 11 is 5.94. The number of hydrogen-bond donors (Lipinski definition) is 0. The molecule has 0 fully saturated rings. The lowest BCUT2D eigenvalue weighted by Crippen LogP contribution is -2.34. The van der Waals surface area contributed by atoms with Gasteiger partial charge >= 0.3 is 0 Å². The molecule has 1 aromatic rings. The predicted molar refractivity (Wildman–Crippen MR) is 65.6 cm³/mol. The van der Waals surface area contributed by atoms with Gasteiger partial charge in [0.15, 0.2) is 0 Å². The molecule has 4 nitrogen and oxygen atoms in total. The summed E-state index contributed by atoms with van der Waals surface area (Å²) in [6, 6.07) is 3.69. The lowest BCUT2D eigenvalue weighted by Gasteiger charge is -2.22. The van der Waals surface area contributed by atoms with Gasteiger partial charge in [-0.1, -0.05) is 11.6 Å². The van der Waals surface area contributed by atoms with Crippen LogP contribution in [0.15, 0.2) is 18.5 Å². The molecule has 1 amide bonds. The Bertz CT molecular complexity index is 442. The van der Waals surface area contributed by atoms with Gasteiger partial charge in [-0.3, -0.25) is 9.78 Å². The van der Waals surface area contributed by atoms with Gasteiger partial charge in [-0.2, -0.15) is 5.26 Å². The molecule has 1 unspecified atom stereocenters. The molecular formula is C12H14ClN3O. The van der Waals surface area contributed by atoms with E-state index in [0.717, 1.165) is 0 Å². The molecule has 0 saturated carbocycles. The van der Waals surface area contributed by atoms with Crippen LogP contribution in [0.1, 0.15) is 24.2 Å². The van der Waals surface area contributed by atoms with Crippen LogP contribution in [0.2, 0.25) is 5.02 Å². The minimum Gasteiger partial charge on any atom is -0.338 e. The van der Waals surface area contributed by atoms with Crippen molar-refractivity contribution in [1.82, 2.24) is 9.88 Å². The largest absolute Gasteiger partial charge is 0.338 e. The second-order valence-electron chi connectivity index (χ2n) is 3.73. The second kappa shape index (κ2) is 6.21. The van der Waals surface area contributed by atoms with E-state index in [4.69, 9.17) is 16.9 Å². The highest BCUT2D eigenvalue weighted by Crippen LogP contribution is 2.16. The number of aromatic nitrogens is 1. The van der Waals surface area contributed by atoms with Crippen LogP contribution in [-0.2, 0) is 0 Å². The van der Waals surface area contributed by atoms with Gasteiger partial charge in [0.2, 0.25) is 0 Å². The molecule has 0 aliphatic carbocycles. The van der Waals surface area contributed by atoms with Crippen LogP contribution in [0.25, 0.3) is 0 Å². The van der Waals surface area contributed by atoms with Crippen molar-refractivity contribution < 1.29 is 4.79 Å². The van der Waals surface area contributed by atoms with Crippen LogP contribution in [0.4, 0.5) is 0 Å². The van der Waals surface area contributed by atoms with Gasteiger partial charge in [-0.15, -0.1) is 0 Å². The summed E-state index contributed by atoms with van der Waals surface area (Å²) in [5.74, 6) is -0.387. The Morgan fingerprint density at radius 2 is 2.41 bits per heavy atom. The Labute approximate surface area is 106 Å². The maximum Gasteiger partial charge on any atom is 0.256 e. The number of halogens is 1. The fourth-order valence-corrected chi connectivity index (χ4v) is 1.62. The number of carbonyl (C=O) groups excluding carboxylic acids is 1. The molecule has 1 aromatic heterocycles. The quantitative estimate of drug-likeness (QED) is 0.825. The van der Waals surface area contributed by atoms with Gasteiger partial charge in [-0.05, 0) is 19.9 Å². The van der Waals surface area contributed by atoms with Crippen LogP contribution in [0.5, 0.6) is 0 Å². The van der Waals surface area contributed by atoms with E-state index in [1.54, 1.807) is 17.9 Å². The topological polar surface area (TPSA) is 57.0 Å². The standard InChI is InChI=1S/C12H14ClN3O/c1-3-16(8-9(2)6-14)12(17)10-7-15-5-4-11(10)13/h4-5,7,9H,3,8H2,1-2H3. The number of nitriles is 1. The first kappa shape index (κ1) is 13.5. The molecule has 0 aliphatic heterocycles.